The minimum absolute atomic E-state index is 0.152. The fourth-order valence-corrected chi connectivity index (χ4v) is 5.17. The summed E-state index contributed by atoms with van der Waals surface area (Å²) in [6.45, 7) is 7.30. The van der Waals surface area contributed by atoms with Crippen molar-refractivity contribution < 1.29 is 9.53 Å². The van der Waals surface area contributed by atoms with Crippen LogP contribution in [0.5, 0.6) is 0 Å². The van der Waals surface area contributed by atoms with Crippen LogP contribution in [0.15, 0.2) is 52.3 Å². The van der Waals surface area contributed by atoms with Gasteiger partial charge in [-0.05, 0) is 56.5 Å². The molecule has 1 aliphatic rings. The number of ether oxygens (including phenoxy) is 1. The van der Waals surface area contributed by atoms with E-state index in [9.17, 15) is 9.59 Å². The van der Waals surface area contributed by atoms with Crippen LogP contribution in [0.2, 0.25) is 5.02 Å². The van der Waals surface area contributed by atoms with Crippen LogP contribution in [0, 0.1) is 6.92 Å². The average molecular weight is 543 g/mol. The van der Waals surface area contributed by atoms with Gasteiger partial charge in [-0.2, -0.15) is 0 Å². The SMILES string of the molecule is Cc1cccn2c(=O)c(C=C3SC(=S)N(Cc4ccccc4Cl)C3=O)c(NCCCOC(C)C)nc12. The molecule has 2 aromatic heterocycles. The van der Waals surface area contributed by atoms with Gasteiger partial charge in [0.2, 0.25) is 0 Å². The Labute approximate surface area is 224 Å². The zero-order valence-corrected chi connectivity index (χ0v) is 22.7. The van der Waals surface area contributed by atoms with E-state index in [-0.39, 0.29) is 24.1 Å². The molecule has 1 fully saturated rings. The summed E-state index contributed by atoms with van der Waals surface area (Å²) in [5, 5.41) is 3.84. The number of halogens is 1. The van der Waals surface area contributed by atoms with Crippen LogP contribution < -0.4 is 10.9 Å². The quantitative estimate of drug-likeness (QED) is 0.224. The van der Waals surface area contributed by atoms with Crippen molar-refractivity contribution in [2.45, 2.75) is 39.8 Å². The number of hydrogen-bond acceptors (Lipinski definition) is 7. The van der Waals surface area contributed by atoms with Crippen molar-refractivity contribution in [3.8, 4) is 0 Å². The Morgan fingerprint density at radius 1 is 1.22 bits per heavy atom. The highest BCUT2D eigenvalue weighted by atomic mass is 35.5. The number of hydrogen-bond donors (Lipinski definition) is 1. The number of anilines is 1. The largest absolute Gasteiger partial charge is 0.379 e. The molecule has 3 heterocycles. The van der Waals surface area contributed by atoms with E-state index in [4.69, 9.17) is 33.5 Å². The number of aromatic nitrogens is 2. The number of aryl methyl sites for hydroxylation is 1. The molecule has 1 aromatic carbocycles. The van der Waals surface area contributed by atoms with E-state index in [1.54, 1.807) is 24.4 Å². The third-order valence-electron chi connectivity index (χ3n) is 5.58. The molecule has 36 heavy (non-hydrogen) atoms. The number of thioether (sulfide) groups is 1. The molecule has 1 N–H and O–H groups in total. The lowest BCUT2D eigenvalue weighted by atomic mass is 10.2. The first kappa shape index (κ1) is 26.3. The Balaban J connectivity index is 1.67. The Hall–Kier alpha value is -2.72. The molecular weight excluding hydrogens is 516 g/mol. The number of carbonyl (C=O) groups is 1. The maximum absolute atomic E-state index is 13.5. The first-order valence-electron chi connectivity index (χ1n) is 11.6. The lowest BCUT2D eigenvalue weighted by Gasteiger charge is -2.15. The first-order chi connectivity index (χ1) is 17.3. The Morgan fingerprint density at radius 3 is 2.75 bits per heavy atom. The number of rotatable bonds is 9. The van der Waals surface area contributed by atoms with Crippen molar-refractivity contribution in [2.24, 2.45) is 0 Å². The molecule has 1 aliphatic heterocycles. The summed E-state index contributed by atoms with van der Waals surface area (Å²) in [4.78, 5) is 33.4. The molecule has 0 bridgehead atoms. The Kier molecular flexibility index (Phi) is 8.46. The van der Waals surface area contributed by atoms with E-state index in [0.29, 0.717) is 44.4 Å². The van der Waals surface area contributed by atoms with E-state index < -0.39 is 0 Å². The van der Waals surface area contributed by atoms with Gasteiger partial charge in [-0.1, -0.05) is 59.8 Å². The average Bonchev–Trinajstić information content (AvgIpc) is 3.10. The molecule has 0 atom stereocenters. The molecular formula is C26H27ClN4O3S2. The topological polar surface area (TPSA) is 75.9 Å². The minimum atomic E-state index is -0.269. The van der Waals surface area contributed by atoms with Gasteiger partial charge in [0, 0.05) is 24.4 Å². The summed E-state index contributed by atoms with van der Waals surface area (Å²) >= 11 is 12.9. The fraction of sp³-hybridized carbons (Fsp3) is 0.308. The number of fused-ring (bicyclic) bond motifs is 1. The Morgan fingerprint density at radius 2 is 2.00 bits per heavy atom. The molecule has 1 amide bonds. The predicted molar refractivity (Wildman–Crippen MR) is 151 cm³/mol. The number of amides is 1. The third-order valence-corrected chi connectivity index (χ3v) is 7.33. The number of pyridine rings is 1. The van der Waals surface area contributed by atoms with Gasteiger partial charge in [-0.15, -0.1) is 0 Å². The van der Waals surface area contributed by atoms with Crippen LogP contribution in [-0.4, -0.2) is 43.8 Å². The van der Waals surface area contributed by atoms with Crippen LogP contribution in [0.4, 0.5) is 5.82 Å². The van der Waals surface area contributed by atoms with Gasteiger partial charge in [-0.25, -0.2) is 4.98 Å². The zero-order chi connectivity index (χ0) is 25.8. The van der Waals surface area contributed by atoms with Gasteiger partial charge in [0.05, 0.1) is 23.1 Å². The molecule has 1 saturated heterocycles. The van der Waals surface area contributed by atoms with Gasteiger partial charge in [-0.3, -0.25) is 18.9 Å². The Bertz CT molecular complexity index is 1400. The van der Waals surface area contributed by atoms with E-state index >= 15 is 0 Å². The molecule has 0 saturated carbocycles. The van der Waals surface area contributed by atoms with Crippen molar-refractivity contribution >= 4 is 63.3 Å². The number of carbonyl (C=O) groups excluding carboxylic acids is 1. The van der Waals surface area contributed by atoms with Crippen LogP contribution in [0.25, 0.3) is 11.7 Å². The lowest BCUT2D eigenvalue weighted by Crippen LogP contribution is -2.27. The number of nitrogens with zero attached hydrogens (tertiary/aromatic N) is 3. The van der Waals surface area contributed by atoms with E-state index in [2.05, 4.69) is 5.32 Å². The van der Waals surface area contributed by atoms with Gasteiger partial charge in [0.25, 0.3) is 11.5 Å². The predicted octanol–water partition coefficient (Wildman–Crippen LogP) is 5.28. The molecule has 0 aliphatic carbocycles. The van der Waals surface area contributed by atoms with Gasteiger partial charge in [0.1, 0.15) is 15.8 Å². The van der Waals surface area contributed by atoms with E-state index in [1.165, 1.54) is 9.30 Å². The van der Waals surface area contributed by atoms with E-state index in [1.807, 2.05) is 45.0 Å². The van der Waals surface area contributed by atoms with Crippen molar-refractivity contribution in [1.82, 2.24) is 14.3 Å². The zero-order valence-electron chi connectivity index (χ0n) is 20.3. The number of thiocarbonyl (C=S) groups is 1. The minimum Gasteiger partial charge on any atom is -0.379 e. The molecule has 3 aromatic rings. The highest BCUT2D eigenvalue weighted by molar-refractivity contribution is 8.26. The first-order valence-corrected chi connectivity index (χ1v) is 13.2. The van der Waals surface area contributed by atoms with Crippen molar-refractivity contribution in [3.63, 3.8) is 0 Å². The van der Waals surface area contributed by atoms with Crippen LogP contribution in [-0.2, 0) is 16.1 Å². The summed E-state index contributed by atoms with van der Waals surface area (Å²) in [6, 6.07) is 11.0. The highest BCUT2D eigenvalue weighted by Gasteiger charge is 2.33. The lowest BCUT2D eigenvalue weighted by molar-refractivity contribution is -0.122. The normalized spacial score (nSPS) is 15.0. The van der Waals surface area contributed by atoms with Crippen molar-refractivity contribution in [3.05, 3.63) is 79.6 Å². The van der Waals surface area contributed by atoms with Gasteiger partial charge >= 0.3 is 0 Å². The fourth-order valence-electron chi connectivity index (χ4n) is 3.74. The van der Waals surface area contributed by atoms with E-state index in [0.717, 1.165) is 29.3 Å². The highest BCUT2D eigenvalue weighted by Crippen LogP contribution is 2.35. The number of nitrogens with one attached hydrogen (secondary N) is 1. The summed E-state index contributed by atoms with van der Waals surface area (Å²) in [6.07, 6.45) is 4.16. The van der Waals surface area contributed by atoms with Gasteiger partial charge in [0.15, 0.2) is 0 Å². The van der Waals surface area contributed by atoms with Gasteiger partial charge < -0.3 is 10.1 Å². The van der Waals surface area contributed by atoms with Crippen LogP contribution >= 0.6 is 35.6 Å². The summed E-state index contributed by atoms with van der Waals surface area (Å²) < 4.78 is 7.52. The second-order valence-corrected chi connectivity index (χ2v) is 10.7. The molecule has 10 heteroatoms. The molecule has 0 radical (unpaired) electrons. The molecule has 4 rings (SSSR count). The van der Waals surface area contributed by atoms with Crippen molar-refractivity contribution in [2.75, 3.05) is 18.5 Å². The maximum Gasteiger partial charge on any atom is 0.267 e. The summed E-state index contributed by atoms with van der Waals surface area (Å²) in [5.74, 6) is 0.158. The van der Waals surface area contributed by atoms with Crippen LogP contribution in [0.3, 0.4) is 0 Å². The molecule has 188 valence electrons. The standard InChI is InChI=1S/C26H27ClN4O3S2/c1-16(2)34-13-7-11-28-22-19(24(32)30-12-6-8-17(3)23(30)29-22)14-21-25(33)31(26(35)36-21)15-18-9-4-5-10-20(18)27/h4-6,8-10,12,14,16,28H,7,11,13,15H2,1-3H3. The molecule has 0 spiro atoms. The van der Waals surface area contributed by atoms with Crippen LogP contribution in [0.1, 0.15) is 37.0 Å². The molecule has 7 nitrogen and oxygen atoms in total. The van der Waals surface area contributed by atoms with Crippen molar-refractivity contribution in [1.29, 1.82) is 0 Å². The second-order valence-electron chi connectivity index (χ2n) is 8.62. The number of benzene rings is 1. The maximum atomic E-state index is 13.5. The monoisotopic (exact) mass is 542 g/mol. The molecule has 0 unspecified atom stereocenters. The second kappa shape index (κ2) is 11.6. The summed E-state index contributed by atoms with van der Waals surface area (Å²) in [7, 11) is 0. The third kappa shape index (κ3) is 5.81. The smallest absolute Gasteiger partial charge is 0.267 e. The summed E-state index contributed by atoms with van der Waals surface area (Å²) in [5.41, 5.74) is 2.28.